The highest BCUT2D eigenvalue weighted by Gasteiger charge is 2.05. The van der Waals surface area contributed by atoms with Gasteiger partial charge in [-0.1, -0.05) is 6.07 Å². The molecule has 0 saturated carbocycles. The molecule has 3 N–H and O–H groups in total. The molecule has 0 amide bonds. The van der Waals surface area contributed by atoms with E-state index in [1.165, 1.54) is 4.88 Å². The van der Waals surface area contributed by atoms with E-state index in [9.17, 15) is 0 Å². The van der Waals surface area contributed by atoms with Gasteiger partial charge in [0.2, 0.25) is 0 Å². The molecule has 0 atom stereocenters. The van der Waals surface area contributed by atoms with Crippen LogP contribution in [-0.4, -0.2) is 20.2 Å². The Hall–Kier alpha value is -1.48. The van der Waals surface area contributed by atoms with Crippen molar-refractivity contribution in [1.29, 1.82) is 0 Å². The van der Waals surface area contributed by atoms with Crippen LogP contribution in [0.15, 0.2) is 40.7 Å². The second-order valence-electron chi connectivity index (χ2n) is 3.98. The van der Waals surface area contributed by atoms with E-state index in [1.54, 1.807) is 25.6 Å². The summed E-state index contributed by atoms with van der Waals surface area (Å²) >= 11 is 1.66. The van der Waals surface area contributed by atoms with E-state index in [1.807, 2.05) is 35.7 Å². The molecule has 0 fully saturated rings. The monoisotopic (exact) mass is 419 g/mol. The molecule has 0 aliphatic heterocycles. The first kappa shape index (κ1) is 17.6. The van der Waals surface area contributed by atoms with Gasteiger partial charge in [-0.15, -0.1) is 35.3 Å². The maximum atomic E-state index is 5.86. The summed E-state index contributed by atoms with van der Waals surface area (Å²) in [6, 6.07) is 9.50. The third-order valence-corrected chi connectivity index (χ3v) is 3.50. The van der Waals surface area contributed by atoms with Gasteiger partial charge in [-0.3, -0.25) is 0 Å². The van der Waals surface area contributed by atoms with Gasteiger partial charge >= 0.3 is 0 Å². The fraction of sp³-hybridized carbons (Fsp3) is 0.214. The molecule has 0 unspecified atom stereocenters. The van der Waals surface area contributed by atoms with Gasteiger partial charge in [0.05, 0.1) is 20.8 Å². The second-order valence-corrected chi connectivity index (χ2v) is 5.01. The van der Waals surface area contributed by atoms with E-state index in [4.69, 9.17) is 15.2 Å². The van der Waals surface area contributed by atoms with Crippen LogP contribution in [0.3, 0.4) is 0 Å². The Labute approximate surface area is 145 Å². The molecule has 2 aromatic rings. The number of halogens is 1. The summed E-state index contributed by atoms with van der Waals surface area (Å²) in [7, 11) is 3.19. The number of anilines is 1. The third-order valence-electron chi connectivity index (χ3n) is 2.64. The first-order valence-corrected chi connectivity index (χ1v) is 6.92. The first-order valence-electron chi connectivity index (χ1n) is 6.04. The summed E-state index contributed by atoms with van der Waals surface area (Å²) in [4.78, 5) is 5.45. The predicted molar refractivity (Wildman–Crippen MR) is 98.2 cm³/mol. The number of thiophene rings is 1. The number of nitrogens with zero attached hydrogens (tertiary/aromatic N) is 1. The maximum Gasteiger partial charge on any atom is 0.193 e. The lowest BCUT2D eigenvalue weighted by molar-refractivity contribution is 0.355. The minimum absolute atomic E-state index is 0. The Morgan fingerprint density at radius 3 is 2.62 bits per heavy atom. The smallest absolute Gasteiger partial charge is 0.193 e. The zero-order chi connectivity index (χ0) is 14.4. The fourth-order valence-electron chi connectivity index (χ4n) is 1.67. The lowest BCUT2D eigenvalue weighted by Crippen LogP contribution is -2.22. The molecule has 0 aliphatic carbocycles. The van der Waals surface area contributed by atoms with Gasteiger partial charge in [-0.2, -0.15) is 0 Å². The van der Waals surface area contributed by atoms with E-state index < -0.39 is 0 Å². The van der Waals surface area contributed by atoms with E-state index in [2.05, 4.69) is 10.3 Å². The lowest BCUT2D eigenvalue weighted by atomic mass is 10.3. The van der Waals surface area contributed by atoms with Crippen molar-refractivity contribution in [1.82, 2.24) is 0 Å². The largest absolute Gasteiger partial charge is 0.493 e. The summed E-state index contributed by atoms with van der Waals surface area (Å²) in [5.74, 6) is 1.68. The van der Waals surface area contributed by atoms with Crippen molar-refractivity contribution < 1.29 is 9.47 Å². The number of ether oxygens (including phenoxy) is 2. The van der Waals surface area contributed by atoms with Crippen LogP contribution in [0.4, 0.5) is 5.69 Å². The zero-order valence-corrected chi connectivity index (χ0v) is 15.0. The van der Waals surface area contributed by atoms with Crippen LogP contribution in [-0.2, 0) is 6.54 Å². The molecule has 21 heavy (non-hydrogen) atoms. The number of hydrogen-bond acceptors (Lipinski definition) is 4. The molecule has 0 aliphatic rings. The van der Waals surface area contributed by atoms with Gasteiger partial charge < -0.3 is 20.5 Å². The van der Waals surface area contributed by atoms with Crippen molar-refractivity contribution >= 4 is 47.0 Å². The molecule has 0 spiro atoms. The highest BCUT2D eigenvalue weighted by molar-refractivity contribution is 14.0. The van der Waals surface area contributed by atoms with Gasteiger partial charge in [0, 0.05) is 16.6 Å². The molecule has 0 radical (unpaired) electrons. The summed E-state index contributed by atoms with van der Waals surface area (Å²) < 4.78 is 10.4. The topological polar surface area (TPSA) is 68.9 Å². The van der Waals surface area contributed by atoms with Crippen LogP contribution in [0.5, 0.6) is 11.5 Å². The minimum Gasteiger partial charge on any atom is -0.493 e. The van der Waals surface area contributed by atoms with Gasteiger partial charge in [-0.25, -0.2) is 4.99 Å². The standard InChI is InChI=1S/C14H17N3O2S.HI/c1-18-12-6-5-10(8-13(12)19-2)17-14(15)16-9-11-4-3-7-20-11;/h3-8H,9H2,1-2H3,(H3,15,16,17);1H. The van der Waals surface area contributed by atoms with Crippen LogP contribution >= 0.6 is 35.3 Å². The summed E-state index contributed by atoms with van der Waals surface area (Å²) in [6.07, 6.45) is 0. The second kappa shape index (κ2) is 8.73. The first-order chi connectivity index (χ1) is 9.72. The van der Waals surface area contributed by atoms with Crippen LogP contribution in [0.2, 0.25) is 0 Å². The van der Waals surface area contributed by atoms with Crippen molar-refractivity contribution in [2.45, 2.75) is 6.54 Å². The lowest BCUT2D eigenvalue weighted by Gasteiger charge is -2.10. The van der Waals surface area contributed by atoms with Crippen molar-refractivity contribution in [3.05, 3.63) is 40.6 Å². The summed E-state index contributed by atoms with van der Waals surface area (Å²) in [5.41, 5.74) is 6.66. The van der Waals surface area contributed by atoms with Crippen LogP contribution < -0.4 is 20.5 Å². The summed E-state index contributed by atoms with van der Waals surface area (Å²) in [5, 5.41) is 5.04. The van der Waals surface area contributed by atoms with E-state index >= 15 is 0 Å². The number of guanidine groups is 1. The molecular formula is C14H18IN3O2S. The Kier molecular flexibility index (Phi) is 7.30. The average Bonchev–Trinajstić information content (AvgIpc) is 2.98. The number of nitrogens with one attached hydrogen (secondary N) is 1. The Bertz CT molecular complexity index is 588. The number of aliphatic imine (C=N–C) groups is 1. The Balaban J connectivity index is 0.00000220. The van der Waals surface area contributed by atoms with E-state index in [0.717, 1.165) is 5.69 Å². The van der Waals surface area contributed by atoms with Gasteiger partial charge in [-0.05, 0) is 23.6 Å². The van der Waals surface area contributed by atoms with Crippen molar-refractivity contribution in [2.75, 3.05) is 19.5 Å². The number of methoxy groups -OCH3 is 2. The van der Waals surface area contributed by atoms with Crippen LogP contribution in [0.25, 0.3) is 0 Å². The third kappa shape index (κ3) is 5.09. The van der Waals surface area contributed by atoms with E-state index in [-0.39, 0.29) is 24.0 Å². The van der Waals surface area contributed by atoms with E-state index in [0.29, 0.717) is 24.0 Å². The molecule has 5 nitrogen and oxygen atoms in total. The van der Waals surface area contributed by atoms with Crippen LogP contribution in [0, 0.1) is 0 Å². The SMILES string of the molecule is COc1ccc(NC(N)=NCc2cccs2)cc1OC.I. The molecule has 1 aromatic carbocycles. The number of rotatable bonds is 5. The van der Waals surface area contributed by atoms with Gasteiger partial charge in [0.25, 0.3) is 0 Å². The van der Waals surface area contributed by atoms with Crippen LogP contribution in [0.1, 0.15) is 4.88 Å². The van der Waals surface area contributed by atoms with Crippen molar-refractivity contribution in [3.63, 3.8) is 0 Å². The molecule has 7 heteroatoms. The average molecular weight is 419 g/mol. The normalized spacial score (nSPS) is 10.7. The number of nitrogens with two attached hydrogens (primary N) is 1. The van der Waals surface area contributed by atoms with Crippen molar-refractivity contribution in [2.24, 2.45) is 10.7 Å². The number of benzene rings is 1. The minimum atomic E-state index is 0. The molecule has 1 heterocycles. The molecule has 0 saturated heterocycles. The highest BCUT2D eigenvalue weighted by Crippen LogP contribution is 2.29. The zero-order valence-electron chi connectivity index (χ0n) is 11.8. The van der Waals surface area contributed by atoms with Crippen molar-refractivity contribution in [3.8, 4) is 11.5 Å². The molecule has 1 aromatic heterocycles. The highest BCUT2D eigenvalue weighted by atomic mass is 127. The maximum absolute atomic E-state index is 5.86. The predicted octanol–water partition coefficient (Wildman–Crippen LogP) is 3.31. The fourth-order valence-corrected chi connectivity index (χ4v) is 2.30. The molecule has 114 valence electrons. The molecule has 2 rings (SSSR count). The van der Waals surface area contributed by atoms with Gasteiger partial charge in [0.15, 0.2) is 17.5 Å². The summed E-state index contributed by atoms with van der Waals surface area (Å²) in [6.45, 7) is 0.573. The molecule has 0 bridgehead atoms. The Morgan fingerprint density at radius 2 is 2.00 bits per heavy atom. The quantitative estimate of drug-likeness (QED) is 0.443. The molecular weight excluding hydrogens is 401 g/mol. The number of hydrogen-bond donors (Lipinski definition) is 2. The Morgan fingerprint density at radius 1 is 1.24 bits per heavy atom. The van der Waals surface area contributed by atoms with Gasteiger partial charge in [0.1, 0.15) is 0 Å².